The first kappa shape index (κ1) is 24.4. The Bertz CT molecular complexity index is 953. The van der Waals surface area contributed by atoms with Crippen molar-refractivity contribution in [3.05, 3.63) is 78.2 Å². The normalized spacial score (nSPS) is 10.7. The van der Waals surface area contributed by atoms with E-state index in [1.807, 2.05) is 54.6 Å². The fraction of sp³-hybridized carbons (Fsp3) is 0.261. The Balaban J connectivity index is 0.00000341. The molecule has 3 rings (SSSR count). The number of guanidine groups is 1. The summed E-state index contributed by atoms with van der Waals surface area (Å²) in [4.78, 5) is 13.0. The number of aromatic nitrogens is 2. The van der Waals surface area contributed by atoms with E-state index in [4.69, 9.17) is 9.47 Å². The van der Waals surface area contributed by atoms with Gasteiger partial charge in [0.1, 0.15) is 0 Å². The highest BCUT2D eigenvalue weighted by molar-refractivity contribution is 14.0. The van der Waals surface area contributed by atoms with Crippen LogP contribution < -0.4 is 20.1 Å². The average molecular weight is 533 g/mol. The molecule has 0 aliphatic carbocycles. The van der Waals surface area contributed by atoms with Gasteiger partial charge in [0, 0.05) is 31.5 Å². The van der Waals surface area contributed by atoms with Gasteiger partial charge in [0.05, 0.1) is 18.8 Å². The lowest BCUT2D eigenvalue weighted by Crippen LogP contribution is -2.36. The fourth-order valence-corrected chi connectivity index (χ4v) is 2.70. The van der Waals surface area contributed by atoms with Crippen LogP contribution in [0.15, 0.2) is 72.0 Å². The Morgan fingerprint density at radius 3 is 2.39 bits per heavy atom. The third kappa shape index (κ3) is 7.71. The Kier molecular flexibility index (Phi) is 10.6. The summed E-state index contributed by atoms with van der Waals surface area (Å²) in [7, 11) is 1.73. The molecule has 0 amide bonds. The largest absolute Gasteiger partial charge is 0.490 e. The lowest BCUT2D eigenvalue weighted by molar-refractivity contribution is 0.300. The summed E-state index contributed by atoms with van der Waals surface area (Å²) >= 11 is 0. The molecule has 1 aromatic carbocycles. The zero-order valence-electron chi connectivity index (χ0n) is 17.7. The van der Waals surface area contributed by atoms with Crippen molar-refractivity contribution in [3.63, 3.8) is 0 Å². The molecule has 0 unspecified atom stereocenters. The SMILES string of the molecule is CCCOc1ccccc1Oc1ncccc1CNC(=NC)NCc1ccccn1.I. The van der Waals surface area contributed by atoms with Crippen molar-refractivity contribution in [1.29, 1.82) is 0 Å². The Hall–Kier alpha value is -2.88. The van der Waals surface area contributed by atoms with E-state index in [0.717, 1.165) is 17.7 Å². The highest BCUT2D eigenvalue weighted by atomic mass is 127. The van der Waals surface area contributed by atoms with E-state index in [-0.39, 0.29) is 24.0 Å². The van der Waals surface area contributed by atoms with Crippen LogP contribution in [0.3, 0.4) is 0 Å². The molecule has 0 bridgehead atoms. The molecule has 2 N–H and O–H groups in total. The molecule has 164 valence electrons. The van der Waals surface area contributed by atoms with E-state index in [2.05, 4.69) is 32.5 Å². The number of hydrogen-bond donors (Lipinski definition) is 2. The molecule has 0 radical (unpaired) electrons. The van der Waals surface area contributed by atoms with Gasteiger partial charge in [-0.15, -0.1) is 24.0 Å². The molecule has 2 aromatic heterocycles. The molecule has 0 spiro atoms. The van der Waals surface area contributed by atoms with Crippen LogP contribution in [-0.4, -0.2) is 29.6 Å². The lowest BCUT2D eigenvalue weighted by Gasteiger charge is -2.15. The second-order valence-corrected chi connectivity index (χ2v) is 6.47. The first-order valence-corrected chi connectivity index (χ1v) is 9.98. The maximum absolute atomic E-state index is 6.09. The van der Waals surface area contributed by atoms with Gasteiger partial charge in [0.25, 0.3) is 0 Å². The fourth-order valence-electron chi connectivity index (χ4n) is 2.70. The van der Waals surface area contributed by atoms with Gasteiger partial charge >= 0.3 is 0 Å². The van der Waals surface area contributed by atoms with Crippen LogP contribution in [0.5, 0.6) is 17.4 Å². The van der Waals surface area contributed by atoms with Crippen LogP contribution in [0.4, 0.5) is 0 Å². The second-order valence-electron chi connectivity index (χ2n) is 6.47. The molecular weight excluding hydrogens is 505 g/mol. The predicted octanol–water partition coefficient (Wildman–Crippen LogP) is 4.54. The molecule has 31 heavy (non-hydrogen) atoms. The van der Waals surface area contributed by atoms with Crippen molar-refractivity contribution in [2.45, 2.75) is 26.4 Å². The number of para-hydroxylation sites is 2. The number of aliphatic imine (C=N–C) groups is 1. The van der Waals surface area contributed by atoms with Gasteiger partial charge in [-0.2, -0.15) is 0 Å². The third-order valence-electron chi connectivity index (χ3n) is 4.20. The van der Waals surface area contributed by atoms with E-state index >= 15 is 0 Å². The molecule has 8 heteroatoms. The Morgan fingerprint density at radius 2 is 1.65 bits per heavy atom. The van der Waals surface area contributed by atoms with E-state index < -0.39 is 0 Å². The van der Waals surface area contributed by atoms with Gasteiger partial charge in [0.2, 0.25) is 5.88 Å². The van der Waals surface area contributed by atoms with Gasteiger partial charge in [0.15, 0.2) is 17.5 Å². The minimum absolute atomic E-state index is 0. The summed E-state index contributed by atoms with van der Waals surface area (Å²) in [5, 5.41) is 6.54. The number of pyridine rings is 2. The summed E-state index contributed by atoms with van der Waals surface area (Å²) in [5.41, 5.74) is 1.85. The zero-order valence-corrected chi connectivity index (χ0v) is 20.1. The minimum atomic E-state index is 0. The summed E-state index contributed by atoms with van der Waals surface area (Å²) < 4.78 is 11.9. The van der Waals surface area contributed by atoms with Crippen molar-refractivity contribution < 1.29 is 9.47 Å². The van der Waals surface area contributed by atoms with Crippen LogP contribution in [0, 0.1) is 0 Å². The number of nitrogens with zero attached hydrogens (tertiary/aromatic N) is 3. The molecule has 0 aliphatic heterocycles. The van der Waals surface area contributed by atoms with Gasteiger partial charge in [-0.05, 0) is 36.8 Å². The van der Waals surface area contributed by atoms with Gasteiger partial charge in [-0.25, -0.2) is 4.98 Å². The molecule has 7 nitrogen and oxygen atoms in total. The van der Waals surface area contributed by atoms with Gasteiger partial charge < -0.3 is 20.1 Å². The van der Waals surface area contributed by atoms with Crippen LogP contribution in [0.1, 0.15) is 24.6 Å². The topological polar surface area (TPSA) is 80.7 Å². The van der Waals surface area contributed by atoms with Crippen LogP contribution in [0.25, 0.3) is 0 Å². The highest BCUT2D eigenvalue weighted by Crippen LogP contribution is 2.31. The monoisotopic (exact) mass is 533 g/mol. The standard InChI is InChI=1S/C23H27N5O2.HI/c1-3-15-29-20-11-4-5-12-21(20)30-22-18(9-8-14-26-22)16-27-23(24-2)28-17-19-10-6-7-13-25-19;/h4-14H,3,15-17H2,1-2H3,(H2,24,27,28);1H. The van der Waals surface area contributed by atoms with E-state index in [0.29, 0.717) is 43.0 Å². The first-order valence-electron chi connectivity index (χ1n) is 9.98. The van der Waals surface area contributed by atoms with Gasteiger partial charge in [-0.3, -0.25) is 9.98 Å². The van der Waals surface area contributed by atoms with Crippen molar-refractivity contribution in [3.8, 4) is 17.4 Å². The number of halogens is 1. The number of hydrogen-bond acceptors (Lipinski definition) is 5. The number of rotatable bonds is 9. The van der Waals surface area contributed by atoms with Crippen molar-refractivity contribution in [1.82, 2.24) is 20.6 Å². The second kappa shape index (κ2) is 13.4. The third-order valence-corrected chi connectivity index (χ3v) is 4.20. The van der Waals surface area contributed by atoms with Crippen LogP contribution in [0.2, 0.25) is 0 Å². The quantitative estimate of drug-likeness (QED) is 0.239. The lowest BCUT2D eigenvalue weighted by atomic mass is 10.2. The summed E-state index contributed by atoms with van der Waals surface area (Å²) in [5.74, 6) is 2.54. The summed E-state index contributed by atoms with van der Waals surface area (Å²) in [6.07, 6.45) is 4.41. The number of nitrogens with one attached hydrogen (secondary N) is 2. The molecule has 0 saturated heterocycles. The molecule has 0 atom stereocenters. The predicted molar refractivity (Wildman–Crippen MR) is 133 cm³/mol. The minimum Gasteiger partial charge on any atom is -0.490 e. The van der Waals surface area contributed by atoms with Crippen LogP contribution in [-0.2, 0) is 13.1 Å². The maximum atomic E-state index is 6.09. The molecular formula is C23H28IN5O2. The van der Waals surface area contributed by atoms with Crippen molar-refractivity contribution >= 4 is 29.9 Å². The summed E-state index contributed by atoms with van der Waals surface area (Å²) in [6, 6.07) is 17.3. The van der Waals surface area contributed by atoms with Gasteiger partial charge in [-0.1, -0.05) is 31.2 Å². The average Bonchev–Trinajstić information content (AvgIpc) is 2.80. The van der Waals surface area contributed by atoms with E-state index in [1.165, 1.54) is 0 Å². The Labute approximate surface area is 200 Å². The maximum Gasteiger partial charge on any atom is 0.224 e. The number of benzene rings is 1. The highest BCUT2D eigenvalue weighted by Gasteiger charge is 2.11. The van der Waals surface area contributed by atoms with E-state index in [1.54, 1.807) is 19.4 Å². The van der Waals surface area contributed by atoms with Crippen LogP contribution >= 0.6 is 24.0 Å². The molecule has 2 heterocycles. The molecule has 3 aromatic rings. The molecule has 0 saturated carbocycles. The summed E-state index contributed by atoms with van der Waals surface area (Å²) in [6.45, 7) is 3.79. The molecule has 0 aliphatic rings. The smallest absolute Gasteiger partial charge is 0.224 e. The molecule has 0 fully saturated rings. The number of ether oxygens (including phenoxy) is 2. The first-order chi connectivity index (χ1) is 14.8. The van der Waals surface area contributed by atoms with Crippen molar-refractivity contribution in [2.75, 3.05) is 13.7 Å². The van der Waals surface area contributed by atoms with Crippen molar-refractivity contribution in [2.24, 2.45) is 4.99 Å². The zero-order chi connectivity index (χ0) is 21.0. The Morgan fingerprint density at radius 1 is 0.903 bits per heavy atom. The van der Waals surface area contributed by atoms with E-state index in [9.17, 15) is 0 Å².